The molecule has 4 nitrogen and oxygen atoms in total. The van der Waals surface area contributed by atoms with Gasteiger partial charge in [0.05, 0.1) is 16.9 Å². The van der Waals surface area contributed by atoms with Crippen LogP contribution < -0.4 is 0 Å². The molecule has 0 radical (unpaired) electrons. The minimum atomic E-state index is -0.884. The Bertz CT molecular complexity index is 513. The molecule has 0 aliphatic rings. The molecule has 0 aliphatic heterocycles. The summed E-state index contributed by atoms with van der Waals surface area (Å²) in [6.07, 6.45) is 3.58. The molecule has 0 saturated carbocycles. The van der Waals surface area contributed by atoms with Crippen molar-refractivity contribution in [2.75, 3.05) is 0 Å². The van der Waals surface area contributed by atoms with Gasteiger partial charge in [0.1, 0.15) is 4.88 Å². The molecule has 15 heavy (non-hydrogen) atoms. The van der Waals surface area contributed by atoms with Gasteiger partial charge in [0.15, 0.2) is 0 Å². The normalized spacial score (nSPS) is 10.5. The van der Waals surface area contributed by atoms with Crippen LogP contribution in [-0.2, 0) is 7.05 Å². The quantitative estimate of drug-likeness (QED) is 0.847. The molecule has 0 amide bonds. The summed E-state index contributed by atoms with van der Waals surface area (Å²) >= 11 is 1.26. The van der Waals surface area contributed by atoms with E-state index in [0.29, 0.717) is 4.88 Å². The van der Waals surface area contributed by atoms with Crippen LogP contribution in [-0.4, -0.2) is 20.6 Å². The average Bonchev–Trinajstić information content (AvgIpc) is 2.71. The molecule has 78 valence electrons. The zero-order valence-electron chi connectivity index (χ0n) is 8.39. The van der Waals surface area contributed by atoms with Gasteiger partial charge in [-0.2, -0.15) is 0 Å². The topological polar surface area (TPSA) is 55.1 Å². The van der Waals surface area contributed by atoms with E-state index in [4.69, 9.17) is 5.11 Å². The van der Waals surface area contributed by atoms with Gasteiger partial charge < -0.3 is 9.67 Å². The maximum atomic E-state index is 10.8. The van der Waals surface area contributed by atoms with E-state index >= 15 is 0 Å². The van der Waals surface area contributed by atoms with E-state index in [1.54, 1.807) is 12.4 Å². The summed E-state index contributed by atoms with van der Waals surface area (Å²) in [5.41, 5.74) is 1.78. The lowest BCUT2D eigenvalue weighted by molar-refractivity contribution is 0.0702. The molecular formula is C10H10N2O2S. The monoisotopic (exact) mass is 222 g/mol. The van der Waals surface area contributed by atoms with Crippen molar-refractivity contribution >= 4 is 17.3 Å². The molecule has 0 bridgehead atoms. The predicted molar refractivity (Wildman–Crippen MR) is 58.2 cm³/mol. The molecule has 0 atom stereocenters. The van der Waals surface area contributed by atoms with Gasteiger partial charge in [-0.1, -0.05) is 0 Å². The second-order valence-corrected chi connectivity index (χ2v) is 4.40. The summed E-state index contributed by atoms with van der Waals surface area (Å²) < 4.78 is 1.84. The van der Waals surface area contributed by atoms with Crippen LogP contribution in [0.3, 0.4) is 0 Å². The first-order valence-corrected chi connectivity index (χ1v) is 5.21. The summed E-state index contributed by atoms with van der Waals surface area (Å²) in [5, 5.41) is 8.86. The molecule has 2 heterocycles. The van der Waals surface area contributed by atoms with Crippen molar-refractivity contribution < 1.29 is 9.90 Å². The molecule has 2 aromatic rings. The molecule has 1 N–H and O–H groups in total. The SMILES string of the molecule is Cc1cc(C(=O)O)sc1-c1cn(C)cn1. The fourth-order valence-corrected chi connectivity index (χ4v) is 2.34. The Morgan fingerprint density at radius 2 is 2.33 bits per heavy atom. The standard InChI is InChI=1S/C10H10N2O2S/c1-6-3-8(10(13)14)15-9(6)7-4-12(2)5-11-7/h3-5H,1-2H3,(H,13,14). The van der Waals surface area contributed by atoms with Crippen molar-refractivity contribution in [1.29, 1.82) is 0 Å². The number of carboxylic acid groups (broad SMARTS) is 1. The van der Waals surface area contributed by atoms with E-state index in [0.717, 1.165) is 16.1 Å². The van der Waals surface area contributed by atoms with Gasteiger partial charge in [-0.05, 0) is 18.6 Å². The first-order valence-electron chi connectivity index (χ1n) is 4.40. The van der Waals surface area contributed by atoms with Crippen molar-refractivity contribution in [3.8, 4) is 10.6 Å². The van der Waals surface area contributed by atoms with E-state index in [9.17, 15) is 4.79 Å². The number of aromatic nitrogens is 2. The van der Waals surface area contributed by atoms with E-state index in [1.165, 1.54) is 11.3 Å². The average molecular weight is 222 g/mol. The highest BCUT2D eigenvalue weighted by Gasteiger charge is 2.13. The minimum Gasteiger partial charge on any atom is -0.477 e. The van der Waals surface area contributed by atoms with Gasteiger partial charge in [-0.3, -0.25) is 0 Å². The molecule has 2 aromatic heterocycles. The fourth-order valence-electron chi connectivity index (χ4n) is 1.37. The van der Waals surface area contributed by atoms with Crippen LogP contribution in [0.15, 0.2) is 18.6 Å². The van der Waals surface area contributed by atoms with E-state index in [-0.39, 0.29) is 0 Å². The largest absolute Gasteiger partial charge is 0.477 e. The lowest BCUT2D eigenvalue weighted by atomic mass is 10.2. The highest BCUT2D eigenvalue weighted by atomic mass is 32.1. The molecule has 0 saturated heterocycles. The maximum Gasteiger partial charge on any atom is 0.345 e. The predicted octanol–water partition coefficient (Wildman–Crippen LogP) is 2.16. The number of imidazole rings is 1. The molecule has 0 fully saturated rings. The smallest absolute Gasteiger partial charge is 0.345 e. The Hall–Kier alpha value is -1.62. The molecule has 0 unspecified atom stereocenters. The van der Waals surface area contributed by atoms with Crippen molar-refractivity contribution in [1.82, 2.24) is 9.55 Å². The molecule has 0 spiro atoms. The third-order valence-corrected chi connectivity index (χ3v) is 3.31. The number of hydrogen-bond donors (Lipinski definition) is 1. The third kappa shape index (κ3) is 1.78. The number of aryl methyl sites for hydroxylation is 2. The number of aromatic carboxylic acids is 1. The lowest BCUT2D eigenvalue weighted by Gasteiger charge is -1.91. The number of carboxylic acids is 1. The van der Waals surface area contributed by atoms with Gasteiger partial charge in [-0.25, -0.2) is 9.78 Å². The summed E-state index contributed by atoms with van der Waals surface area (Å²) in [5.74, 6) is -0.884. The van der Waals surface area contributed by atoms with Crippen LogP contribution in [0.1, 0.15) is 15.2 Å². The van der Waals surface area contributed by atoms with Crippen molar-refractivity contribution in [3.05, 3.63) is 29.0 Å². The van der Waals surface area contributed by atoms with Crippen LogP contribution in [0.2, 0.25) is 0 Å². The first-order chi connectivity index (χ1) is 7.08. The van der Waals surface area contributed by atoms with Crippen LogP contribution in [0.25, 0.3) is 10.6 Å². The van der Waals surface area contributed by atoms with Crippen LogP contribution in [0, 0.1) is 6.92 Å². The van der Waals surface area contributed by atoms with Gasteiger partial charge in [0, 0.05) is 13.2 Å². The van der Waals surface area contributed by atoms with E-state index < -0.39 is 5.97 Å². The number of rotatable bonds is 2. The van der Waals surface area contributed by atoms with Crippen LogP contribution in [0.5, 0.6) is 0 Å². The molecule has 2 rings (SSSR count). The second-order valence-electron chi connectivity index (χ2n) is 3.35. The third-order valence-electron chi connectivity index (χ3n) is 2.07. The number of hydrogen-bond acceptors (Lipinski definition) is 3. The van der Waals surface area contributed by atoms with Crippen molar-refractivity contribution in [2.45, 2.75) is 6.92 Å². The van der Waals surface area contributed by atoms with E-state index in [2.05, 4.69) is 4.98 Å². The summed E-state index contributed by atoms with van der Waals surface area (Å²) in [7, 11) is 1.89. The van der Waals surface area contributed by atoms with Crippen LogP contribution in [0.4, 0.5) is 0 Å². The molecule has 0 aliphatic carbocycles. The first kappa shape index (κ1) is 9.92. The zero-order valence-corrected chi connectivity index (χ0v) is 9.21. The lowest BCUT2D eigenvalue weighted by Crippen LogP contribution is -1.89. The molecule has 5 heteroatoms. The highest BCUT2D eigenvalue weighted by molar-refractivity contribution is 7.17. The molecular weight excluding hydrogens is 212 g/mol. The highest BCUT2D eigenvalue weighted by Crippen LogP contribution is 2.30. The van der Waals surface area contributed by atoms with E-state index in [1.807, 2.05) is 24.7 Å². The van der Waals surface area contributed by atoms with Gasteiger partial charge in [-0.15, -0.1) is 11.3 Å². The van der Waals surface area contributed by atoms with Crippen molar-refractivity contribution in [3.63, 3.8) is 0 Å². The van der Waals surface area contributed by atoms with Gasteiger partial charge >= 0.3 is 5.97 Å². The molecule has 0 aromatic carbocycles. The van der Waals surface area contributed by atoms with Gasteiger partial charge in [0.2, 0.25) is 0 Å². The summed E-state index contributed by atoms with van der Waals surface area (Å²) in [6.45, 7) is 1.90. The number of thiophene rings is 1. The Morgan fingerprint density at radius 1 is 1.60 bits per heavy atom. The summed E-state index contributed by atoms with van der Waals surface area (Å²) in [4.78, 5) is 16.3. The van der Waals surface area contributed by atoms with Crippen LogP contribution >= 0.6 is 11.3 Å². The zero-order chi connectivity index (χ0) is 11.0. The fraction of sp³-hybridized carbons (Fsp3) is 0.200. The number of nitrogens with zero attached hydrogens (tertiary/aromatic N) is 2. The maximum absolute atomic E-state index is 10.8. The van der Waals surface area contributed by atoms with Gasteiger partial charge in [0.25, 0.3) is 0 Å². The number of carbonyl (C=O) groups is 1. The summed E-state index contributed by atoms with van der Waals surface area (Å²) in [6, 6.07) is 1.68. The Morgan fingerprint density at radius 3 is 2.80 bits per heavy atom. The Kier molecular flexibility index (Phi) is 2.32. The second kappa shape index (κ2) is 3.51. The Labute approximate surface area is 90.8 Å². The minimum absolute atomic E-state index is 0.355. The Balaban J connectivity index is 2.49. The van der Waals surface area contributed by atoms with Crippen molar-refractivity contribution in [2.24, 2.45) is 7.05 Å².